The zero-order chi connectivity index (χ0) is 10.2. The first-order chi connectivity index (χ1) is 5.82. The Balaban J connectivity index is 2.81. The summed E-state index contributed by atoms with van der Waals surface area (Å²) in [5.41, 5.74) is 4.93. The molecule has 74 valence electrons. The van der Waals surface area contributed by atoms with Crippen LogP contribution in [-0.2, 0) is 23.6 Å². The average Bonchev–Trinajstić information content (AvgIpc) is 1.97. The van der Waals surface area contributed by atoms with Crippen LogP contribution in [0.5, 0.6) is 0 Å². The van der Waals surface area contributed by atoms with Crippen molar-refractivity contribution < 1.29 is 33.4 Å². The van der Waals surface area contributed by atoms with E-state index >= 15 is 0 Å². The molecule has 1 rings (SSSR count). The lowest BCUT2D eigenvalue weighted by Crippen LogP contribution is -2.49. The SMILES string of the molecule is NC1C(=O)OC(P(=O)(O)O)OC1=O. The number of rotatable bonds is 1. The monoisotopic (exact) mass is 211 g/mol. The zero-order valence-corrected chi connectivity index (χ0v) is 7.01. The maximum Gasteiger partial charge on any atom is 0.406 e. The predicted molar refractivity (Wildman–Crippen MR) is 36.0 cm³/mol. The van der Waals surface area contributed by atoms with Crippen molar-refractivity contribution in [2.24, 2.45) is 5.73 Å². The van der Waals surface area contributed by atoms with Crippen LogP contribution in [0.15, 0.2) is 0 Å². The number of carbonyl (C=O) groups excluding carboxylic acids is 2. The normalized spacial score (nSPS) is 29.5. The summed E-state index contributed by atoms with van der Waals surface area (Å²) in [6.45, 7) is 0. The van der Waals surface area contributed by atoms with Crippen LogP contribution in [0.2, 0.25) is 0 Å². The highest BCUT2D eigenvalue weighted by molar-refractivity contribution is 7.52. The number of nitrogens with two attached hydrogens (primary N) is 1. The van der Waals surface area contributed by atoms with E-state index in [0.717, 1.165) is 0 Å². The number of carbonyl (C=O) groups is 2. The molecule has 0 atom stereocenters. The van der Waals surface area contributed by atoms with E-state index in [-0.39, 0.29) is 0 Å². The van der Waals surface area contributed by atoms with Gasteiger partial charge in [-0.2, -0.15) is 0 Å². The van der Waals surface area contributed by atoms with Crippen LogP contribution < -0.4 is 5.73 Å². The van der Waals surface area contributed by atoms with E-state index in [2.05, 4.69) is 9.47 Å². The lowest BCUT2D eigenvalue weighted by atomic mass is 10.3. The Morgan fingerprint density at radius 1 is 1.23 bits per heavy atom. The fourth-order valence-electron chi connectivity index (χ4n) is 0.603. The molecule has 0 saturated carbocycles. The van der Waals surface area contributed by atoms with Crippen molar-refractivity contribution in [1.29, 1.82) is 0 Å². The van der Waals surface area contributed by atoms with E-state index in [1.54, 1.807) is 0 Å². The standard InChI is InChI=1S/C4H6NO7P/c5-1-2(6)11-4(12-3(1)7)13(8,9)10/h1,4H,5H2,(H2,8,9,10). The zero-order valence-electron chi connectivity index (χ0n) is 6.11. The van der Waals surface area contributed by atoms with Gasteiger partial charge in [0, 0.05) is 0 Å². The second-order valence-corrected chi connectivity index (χ2v) is 3.85. The van der Waals surface area contributed by atoms with Crippen molar-refractivity contribution in [3.63, 3.8) is 0 Å². The average molecular weight is 211 g/mol. The van der Waals surface area contributed by atoms with Crippen LogP contribution in [0.1, 0.15) is 0 Å². The number of hydrogen-bond donors (Lipinski definition) is 3. The van der Waals surface area contributed by atoms with Crippen molar-refractivity contribution in [3.05, 3.63) is 0 Å². The quantitative estimate of drug-likeness (QED) is 0.254. The Labute approximate surface area is 71.8 Å². The summed E-state index contributed by atoms with van der Waals surface area (Å²) in [4.78, 5) is 38.3. The Morgan fingerprint density at radius 2 is 1.62 bits per heavy atom. The molecule has 1 saturated heterocycles. The third-order valence-corrected chi connectivity index (χ3v) is 1.98. The molecule has 1 aliphatic rings. The van der Waals surface area contributed by atoms with Gasteiger partial charge in [-0.05, 0) is 0 Å². The molecule has 0 aromatic rings. The molecule has 1 aliphatic heterocycles. The molecule has 0 radical (unpaired) electrons. The molecule has 0 unspecified atom stereocenters. The Hall–Kier alpha value is -0.950. The fraction of sp³-hybridized carbons (Fsp3) is 0.500. The molecule has 0 aliphatic carbocycles. The maximum absolute atomic E-state index is 10.7. The van der Waals surface area contributed by atoms with Crippen molar-refractivity contribution in [1.82, 2.24) is 0 Å². The molecule has 1 heterocycles. The van der Waals surface area contributed by atoms with Crippen LogP contribution in [0.3, 0.4) is 0 Å². The summed E-state index contributed by atoms with van der Waals surface area (Å²) >= 11 is 0. The molecule has 4 N–H and O–H groups in total. The lowest BCUT2D eigenvalue weighted by Gasteiger charge is -2.25. The third-order valence-electron chi connectivity index (χ3n) is 1.22. The molecular formula is C4H6NO7P. The Kier molecular flexibility index (Phi) is 2.40. The summed E-state index contributed by atoms with van der Waals surface area (Å²) in [6.07, 6.45) is 0. The van der Waals surface area contributed by atoms with Gasteiger partial charge in [-0.15, -0.1) is 0 Å². The highest BCUT2D eigenvalue weighted by Crippen LogP contribution is 2.43. The van der Waals surface area contributed by atoms with Crippen LogP contribution >= 0.6 is 7.60 Å². The highest BCUT2D eigenvalue weighted by atomic mass is 31.2. The third kappa shape index (κ3) is 2.04. The van der Waals surface area contributed by atoms with E-state index < -0.39 is 31.6 Å². The van der Waals surface area contributed by atoms with Gasteiger partial charge in [0.25, 0.3) is 0 Å². The van der Waals surface area contributed by atoms with E-state index in [9.17, 15) is 14.2 Å². The van der Waals surface area contributed by atoms with Crippen LogP contribution in [-0.4, -0.2) is 33.8 Å². The molecule has 9 heteroatoms. The summed E-state index contributed by atoms with van der Waals surface area (Å²) in [6, 6.07) is -3.81. The van der Waals surface area contributed by atoms with Crippen LogP contribution in [0.25, 0.3) is 0 Å². The van der Waals surface area contributed by atoms with Gasteiger partial charge < -0.3 is 25.0 Å². The Morgan fingerprint density at radius 3 is 1.92 bits per heavy atom. The number of hydrogen-bond acceptors (Lipinski definition) is 6. The second kappa shape index (κ2) is 3.08. The molecule has 13 heavy (non-hydrogen) atoms. The van der Waals surface area contributed by atoms with Gasteiger partial charge >= 0.3 is 25.6 Å². The minimum Gasteiger partial charge on any atom is -0.412 e. The van der Waals surface area contributed by atoms with E-state index in [1.807, 2.05) is 0 Å². The van der Waals surface area contributed by atoms with E-state index in [0.29, 0.717) is 0 Å². The van der Waals surface area contributed by atoms with Crippen molar-refractivity contribution in [2.45, 2.75) is 12.1 Å². The van der Waals surface area contributed by atoms with Gasteiger partial charge in [0.15, 0.2) is 0 Å². The van der Waals surface area contributed by atoms with Gasteiger partial charge in [0.05, 0.1) is 0 Å². The molecule has 0 spiro atoms. The molecule has 0 bridgehead atoms. The van der Waals surface area contributed by atoms with Gasteiger partial charge in [-0.1, -0.05) is 0 Å². The van der Waals surface area contributed by atoms with Gasteiger partial charge in [0.2, 0.25) is 6.04 Å². The summed E-state index contributed by atoms with van der Waals surface area (Å²) in [7, 11) is -4.78. The number of esters is 2. The number of ether oxygens (including phenoxy) is 2. The van der Waals surface area contributed by atoms with Crippen LogP contribution in [0.4, 0.5) is 0 Å². The molecule has 8 nitrogen and oxygen atoms in total. The smallest absolute Gasteiger partial charge is 0.406 e. The Bertz CT molecular complexity index is 277. The summed E-state index contributed by atoms with van der Waals surface area (Å²) in [5, 5.41) is 0. The minimum atomic E-state index is -4.78. The van der Waals surface area contributed by atoms with Crippen molar-refractivity contribution in [2.75, 3.05) is 0 Å². The molecule has 0 amide bonds. The van der Waals surface area contributed by atoms with Gasteiger partial charge in [-0.3, -0.25) is 4.57 Å². The lowest BCUT2D eigenvalue weighted by molar-refractivity contribution is -0.194. The van der Waals surface area contributed by atoms with Crippen molar-refractivity contribution in [3.8, 4) is 0 Å². The number of cyclic esters (lactones) is 2. The maximum atomic E-state index is 10.7. The first kappa shape index (κ1) is 10.1. The predicted octanol–water partition coefficient (Wildman–Crippen LogP) is -2.12. The van der Waals surface area contributed by atoms with Crippen molar-refractivity contribution >= 4 is 19.5 Å². The first-order valence-electron chi connectivity index (χ1n) is 3.04. The topological polar surface area (TPSA) is 136 Å². The summed E-state index contributed by atoms with van der Waals surface area (Å²) in [5.74, 6) is -2.44. The van der Waals surface area contributed by atoms with Crippen LogP contribution in [0, 0.1) is 0 Å². The van der Waals surface area contributed by atoms with E-state index in [1.165, 1.54) is 0 Å². The molecule has 1 fully saturated rings. The van der Waals surface area contributed by atoms with E-state index in [4.69, 9.17) is 15.5 Å². The second-order valence-electron chi connectivity index (χ2n) is 2.25. The minimum absolute atomic E-state index is 1.22. The summed E-state index contributed by atoms with van der Waals surface area (Å²) < 4.78 is 18.6. The largest absolute Gasteiger partial charge is 0.412 e. The molecule has 0 aromatic heterocycles. The highest BCUT2D eigenvalue weighted by Gasteiger charge is 2.45. The van der Waals surface area contributed by atoms with Gasteiger partial charge in [-0.25, -0.2) is 9.59 Å². The molecule has 0 aromatic carbocycles. The molecular weight excluding hydrogens is 205 g/mol. The van der Waals surface area contributed by atoms with Gasteiger partial charge in [0.1, 0.15) is 0 Å². The fourth-order valence-corrected chi connectivity index (χ4v) is 1.09. The first-order valence-corrected chi connectivity index (χ1v) is 4.72.